The molecule has 0 aromatic heterocycles. The molecule has 0 fully saturated rings. The molecule has 1 aliphatic heterocycles. The molecule has 1 aromatic rings. The third kappa shape index (κ3) is 3.08. The number of rotatable bonds is 6. The van der Waals surface area contributed by atoms with E-state index in [4.69, 9.17) is 9.47 Å². The number of hydrogen-bond acceptors (Lipinski definition) is 4. The van der Waals surface area contributed by atoms with Crippen LogP contribution in [0, 0.1) is 0 Å². The van der Waals surface area contributed by atoms with Crippen LogP contribution in [0.15, 0.2) is 16.6 Å². The van der Waals surface area contributed by atoms with E-state index in [1.807, 2.05) is 19.1 Å². The molecular weight excluding hydrogens is 312 g/mol. The number of likely N-dealkylation sites (N-methyl/N-ethyl adjacent to an activating group) is 1. The van der Waals surface area contributed by atoms with Crippen molar-refractivity contribution in [1.82, 2.24) is 5.32 Å². The molecule has 0 spiro atoms. The molecule has 0 bridgehead atoms. The highest BCUT2D eigenvalue weighted by Crippen LogP contribution is 2.38. The molecule has 1 atom stereocenters. The first kappa shape index (κ1) is 14.3. The Morgan fingerprint density at radius 2 is 2.21 bits per heavy atom. The summed E-state index contributed by atoms with van der Waals surface area (Å²) in [6.45, 7) is 3.71. The number of nitrogens with one attached hydrogen (secondary N) is 2. The number of fused-ring (bicyclic) bond motifs is 1. The number of halogens is 1. The predicted octanol–water partition coefficient (Wildman–Crippen LogP) is 2.08. The molecule has 5 nitrogen and oxygen atoms in total. The highest BCUT2D eigenvalue weighted by molar-refractivity contribution is 9.10. The van der Waals surface area contributed by atoms with Gasteiger partial charge in [-0.1, -0.05) is 6.92 Å². The van der Waals surface area contributed by atoms with E-state index in [-0.39, 0.29) is 11.9 Å². The van der Waals surface area contributed by atoms with Gasteiger partial charge in [-0.3, -0.25) is 4.79 Å². The molecule has 104 valence electrons. The first-order chi connectivity index (χ1) is 9.17. The quantitative estimate of drug-likeness (QED) is 0.785. The van der Waals surface area contributed by atoms with Crippen LogP contribution in [0.3, 0.4) is 0 Å². The van der Waals surface area contributed by atoms with Gasteiger partial charge in [0.05, 0.1) is 11.1 Å². The second kappa shape index (κ2) is 6.36. The third-order valence-electron chi connectivity index (χ3n) is 2.89. The van der Waals surface area contributed by atoms with Gasteiger partial charge in [0.15, 0.2) is 0 Å². The lowest BCUT2D eigenvalue weighted by molar-refractivity contribution is -0.117. The number of amides is 1. The highest BCUT2D eigenvalue weighted by atomic mass is 79.9. The molecule has 0 radical (unpaired) electrons. The Bertz CT molecular complexity index is 479. The number of methoxy groups -OCH3 is 1. The van der Waals surface area contributed by atoms with Crippen LogP contribution in [0.4, 0.5) is 5.69 Å². The molecule has 2 N–H and O–H groups in total. The van der Waals surface area contributed by atoms with Crippen LogP contribution in [-0.4, -0.2) is 32.8 Å². The molecule has 19 heavy (non-hydrogen) atoms. The molecule has 0 saturated heterocycles. The van der Waals surface area contributed by atoms with E-state index in [1.54, 1.807) is 7.11 Å². The minimum Gasteiger partial charge on any atom is -0.490 e. The first-order valence-corrected chi connectivity index (χ1v) is 6.96. The lowest BCUT2D eigenvalue weighted by atomic mass is 10.1. The smallest absolute Gasteiger partial charge is 0.246 e. The molecule has 1 heterocycles. The first-order valence-electron chi connectivity index (χ1n) is 6.16. The van der Waals surface area contributed by atoms with Gasteiger partial charge in [-0.15, -0.1) is 0 Å². The molecule has 1 amide bonds. The van der Waals surface area contributed by atoms with Crippen molar-refractivity contribution in [3.05, 3.63) is 22.2 Å². The second-order valence-corrected chi connectivity index (χ2v) is 5.05. The number of carbonyl (C=O) groups excluding carboxylic acids is 1. The number of carbonyl (C=O) groups is 1. The number of hydrogen-bond donors (Lipinski definition) is 2. The van der Waals surface area contributed by atoms with Gasteiger partial charge in [-0.2, -0.15) is 0 Å². The van der Waals surface area contributed by atoms with Gasteiger partial charge in [-0.25, -0.2) is 0 Å². The van der Waals surface area contributed by atoms with Gasteiger partial charge in [-0.05, 0) is 28.5 Å². The van der Waals surface area contributed by atoms with Crippen molar-refractivity contribution >= 4 is 27.5 Å². The zero-order valence-electron chi connectivity index (χ0n) is 11.0. The Morgan fingerprint density at radius 3 is 2.89 bits per heavy atom. The van der Waals surface area contributed by atoms with Crippen molar-refractivity contribution in [2.75, 3.05) is 32.2 Å². The topological polar surface area (TPSA) is 59.6 Å². The molecule has 1 unspecified atom stereocenters. The maximum Gasteiger partial charge on any atom is 0.246 e. The van der Waals surface area contributed by atoms with E-state index >= 15 is 0 Å². The van der Waals surface area contributed by atoms with Crippen LogP contribution < -0.4 is 15.4 Å². The fraction of sp³-hybridized carbons (Fsp3) is 0.462. The van der Waals surface area contributed by atoms with Crippen molar-refractivity contribution < 1.29 is 14.3 Å². The summed E-state index contributed by atoms with van der Waals surface area (Å²) in [7, 11) is 1.63. The minimum absolute atomic E-state index is 0.0298. The third-order valence-corrected chi connectivity index (χ3v) is 3.51. The lowest BCUT2D eigenvalue weighted by Crippen LogP contribution is -2.27. The van der Waals surface area contributed by atoms with Crippen molar-refractivity contribution in [3.8, 4) is 5.75 Å². The van der Waals surface area contributed by atoms with E-state index < -0.39 is 0 Å². The summed E-state index contributed by atoms with van der Waals surface area (Å²) >= 11 is 3.47. The van der Waals surface area contributed by atoms with E-state index in [0.717, 1.165) is 22.3 Å². The highest BCUT2D eigenvalue weighted by Gasteiger charge is 2.30. The molecule has 1 aromatic carbocycles. The van der Waals surface area contributed by atoms with Gasteiger partial charge in [0.2, 0.25) is 5.91 Å². The van der Waals surface area contributed by atoms with Crippen LogP contribution in [0.25, 0.3) is 0 Å². The lowest BCUT2D eigenvalue weighted by Gasteiger charge is -2.12. The number of anilines is 1. The molecular formula is C13H17BrN2O3. The molecule has 0 aliphatic carbocycles. The largest absolute Gasteiger partial charge is 0.490 e. The van der Waals surface area contributed by atoms with Crippen LogP contribution in [0.2, 0.25) is 0 Å². The average Bonchev–Trinajstić information content (AvgIpc) is 2.67. The summed E-state index contributed by atoms with van der Waals surface area (Å²) in [6, 6.07) is 3.47. The minimum atomic E-state index is -0.288. The van der Waals surface area contributed by atoms with Crippen molar-refractivity contribution in [1.29, 1.82) is 0 Å². The van der Waals surface area contributed by atoms with E-state index in [2.05, 4.69) is 26.6 Å². The average molecular weight is 329 g/mol. The van der Waals surface area contributed by atoms with Crippen molar-refractivity contribution in [2.45, 2.75) is 13.0 Å². The Balaban J connectivity index is 2.20. The van der Waals surface area contributed by atoms with Crippen molar-refractivity contribution in [3.63, 3.8) is 0 Å². The van der Waals surface area contributed by atoms with Crippen molar-refractivity contribution in [2.24, 2.45) is 0 Å². The number of ether oxygens (including phenoxy) is 2. The normalized spacial score (nSPS) is 17.2. The van der Waals surface area contributed by atoms with Gasteiger partial charge in [0.25, 0.3) is 0 Å². The molecule has 6 heteroatoms. The summed E-state index contributed by atoms with van der Waals surface area (Å²) in [4.78, 5) is 11.9. The van der Waals surface area contributed by atoms with Gasteiger partial charge in [0.1, 0.15) is 18.4 Å². The van der Waals surface area contributed by atoms with Crippen LogP contribution in [0.5, 0.6) is 5.75 Å². The van der Waals surface area contributed by atoms with Gasteiger partial charge in [0, 0.05) is 24.4 Å². The zero-order valence-corrected chi connectivity index (χ0v) is 12.5. The summed E-state index contributed by atoms with van der Waals surface area (Å²) in [5.41, 5.74) is 1.74. The van der Waals surface area contributed by atoms with E-state index in [0.29, 0.717) is 19.0 Å². The Morgan fingerprint density at radius 1 is 1.42 bits per heavy atom. The van der Waals surface area contributed by atoms with E-state index in [1.165, 1.54) is 0 Å². The molecule has 0 saturated carbocycles. The fourth-order valence-corrected chi connectivity index (χ4v) is 2.49. The van der Waals surface area contributed by atoms with Crippen LogP contribution in [0.1, 0.15) is 18.5 Å². The monoisotopic (exact) mass is 328 g/mol. The Kier molecular flexibility index (Phi) is 4.79. The maximum absolute atomic E-state index is 11.9. The van der Waals surface area contributed by atoms with E-state index in [9.17, 15) is 4.79 Å². The van der Waals surface area contributed by atoms with Crippen LogP contribution >= 0.6 is 15.9 Å². The Hall–Kier alpha value is -1.11. The standard InChI is InChI=1S/C13H17BrN2O3/c1-3-15-12-8-6-9(14)11(19-5-4-18-2)7-10(8)16-13(12)17/h6-7,12,15H,3-5H2,1-2H3,(H,16,17). The second-order valence-electron chi connectivity index (χ2n) is 4.19. The zero-order chi connectivity index (χ0) is 13.8. The summed E-state index contributed by atoms with van der Waals surface area (Å²) in [6.07, 6.45) is 0. The summed E-state index contributed by atoms with van der Waals surface area (Å²) in [5, 5.41) is 6.01. The maximum atomic E-state index is 11.9. The Labute approximate surface area is 120 Å². The predicted molar refractivity (Wildman–Crippen MR) is 76.6 cm³/mol. The fourth-order valence-electron chi connectivity index (χ4n) is 2.01. The van der Waals surface area contributed by atoms with Gasteiger partial charge >= 0.3 is 0 Å². The van der Waals surface area contributed by atoms with Crippen LogP contribution in [-0.2, 0) is 9.53 Å². The summed E-state index contributed by atoms with van der Waals surface area (Å²) in [5.74, 6) is 0.672. The number of benzene rings is 1. The van der Waals surface area contributed by atoms with Gasteiger partial charge < -0.3 is 20.1 Å². The summed E-state index contributed by atoms with van der Waals surface area (Å²) < 4.78 is 11.4. The molecule has 2 rings (SSSR count). The SMILES string of the molecule is CCNC1C(=O)Nc2cc(OCCOC)c(Br)cc21. The molecule has 1 aliphatic rings.